The highest BCUT2D eigenvalue weighted by atomic mass is 16.1. The van der Waals surface area contributed by atoms with Gasteiger partial charge < -0.3 is 5.32 Å². The standard InChI is InChI=1S/C10H10N4O/c1-14-11-7-9(13-14)12-10(15)8-5-3-2-4-6-8/h2-7H,1H3,(H,12,13,15). The lowest BCUT2D eigenvalue weighted by molar-refractivity contribution is 0.102. The molecule has 1 aromatic carbocycles. The number of anilines is 1. The zero-order valence-electron chi connectivity index (χ0n) is 8.21. The van der Waals surface area contributed by atoms with Gasteiger partial charge in [0.05, 0.1) is 6.20 Å². The fraction of sp³-hybridized carbons (Fsp3) is 0.100. The van der Waals surface area contributed by atoms with E-state index in [1.54, 1.807) is 19.2 Å². The third kappa shape index (κ3) is 2.19. The van der Waals surface area contributed by atoms with Crippen molar-refractivity contribution in [1.82, 2.24) is 15.0 Å². The van der Waals surface area contributed by atoms with E-state index in [1.807, 2.05) is 18.2 Å². The Hall–Kier alpha value is -2.17. The summed E-state index contributed by atoms with van der Waals surface area (Å²) in [6.07, 6.45) is 1.50. The minimum absolute atomic E-state index is 0.184. The van der Waals surface area contributed by atoms with Crippen molar-refractivity contribution in [3.05, 3.63) is 42.1 Å². The first kappa shape index (κ1) is 9.39. The summed E-state index contributed by atoms with van der Waals surface area (Å²) in [5.41, 5.74) is 0.600. The summed E-state index contributed by atoms with van der Waals surface area (Å²) in [7, 11) is 1.69. The van der Waals surface area contributed by atoms with E-state index >= 15 is 0 Å². The van der Waals surface area contributed by atoms with Crippen molar-refractivity contribution in [3.8, 4) is 0 Å². The first-order valence-electron chi connectivity index (χ1n) is 4.48. The number of carbonyl (C=O) groups is 1. The van der Waals surface area contributed by atoms with Gasteiger partial charge in [0.15, 0.2) is 5.82 Å². The molecule has 1 N–H and O–H groups in total. The first-order chi connectivity index (χ1) is 7.25. The highest BCUT2D eigenvalue weighted by Crippen LogP contribution is 2.04. The van der Waals surface area contributed by atoms with Gasteiger partial charge in [0, 0.05) is 12.6 Å². The van der Waals surface area contributed by atoms with E-state index in [-0.39, 0.29) is 5.91 Å². The van der Waals surface area contributed by atoms with E-state index in [9.17, 15) is 4.79 Å². The summed E-state index contributed by atoms with van der Waals surface area (Å²) in [6.45, 7) is 0. The van der Waals surface area contributed by atoms with Crippen LogP contribution in [0.4, 0.5) is 5.82 Å². The van der Waals surface area contributed by atoms with Crippen molar-refractivity contribution in [2.24, 2.45) is 7.05 Å². The molecule has 2 rings (SSSR count). The number of hydrogen-bond acceptors (Lipinski definition) is 3. The van der Waals surface area contributed by atoms with Crippen LogP contribution in [0.3, 0.4) is 0 Å². The van der Waals surface area contributed by atoms with Crippen molar-refractivity contribution in [1.29, 1.82) is 0 Å². The maximum atomic E-state index is 11.6. The molecule has 1 aromatic heterocycles. The normalized spacial score (nSPS) is 9.93. The number of aryl methyl sites for hydroxylation is 1. The van der Waals surface area contributed by atoms with E-state index in [0.29, 0.717) is 11.4 Å². The summed E-state index contributed by atoms with van der Waals surface area (Å²) in [4.78, 5) is 13.0. The Morgan fingerprint density at radius 3 is 2.67 bits per heavy atom. The van der Waals surface area contributed by atoms with Crippen LogP contribution in [-0.2, 0) is 7.05 Å². The monoisotopic (exact) mass is 202 g/mol. The molecule has 0 bridgehead atoms. The number of benzene rings is 1. The lowest BCUT2D eigenvalue weighted by atomic mass is 10.2. The minimum Gasteiger partial charge on any atom is -0.304 e. The van der Waals surface area contributed by atoms with Crippen LogP contribution in [0, 0.1) is 0 Å². The fourth-order valence-electron chi connectivity index (χ4n) is 1.18. The van der Waals surface area contributed by atoms with Gasteiger partial charge in [-0.2, -0.15) is 9.90 Å². The van der Waals surface area contributed by atoms with Crippen molar-refractivity contribution in [3.63, 3.8) is 0 Å². The SMILES string of the molecule is Cn1ncc(NC(=O)c2ccccc2)n1. The maximum absolute atomic E-state index is 11.6. The second kappa shape index (κ2) is 3.91. The van der Waals surface area contributed by atoms with Gasteiger partial charge in [0.1, 0.15) is 0 Å². The Labute approximate surface area is 86.7 Å². The van der Waals surface area contributed by atoms with Gasteiger partial charge in [-0.1, -0.05) is 18.2 Å². The molecule has 0 spiro atoms. The molecule has 0 aliphatic rings. The predicted octanol–water partition coefficient (Wildman–Crippen LogP) is 1.07. The minimum atomic E-state index is -0.184. The second-order valence-corrected chi connectivity index (χ2v) is 3.04. The van der Waals surface area contributed by atoms with Gasteiger partial charge in [-0.25, -0.2) is 0 Å². The smallest absolute Gasteiger partial charge is 0.256 e. The molecular formula is C10H10N4O. The average Bonchev–Trinajstić information content (AvgIpc) is 2.65. The summed E-state index contributed by atoms with van der Waals surface area (Å²) < 4.78 is 0. The van der Waals surface area contributed by atoms with Crippen LogP contribution < -0.4 is 5.32 Å². The Morgan fingerprint density at radius 1 is 1.33 bits per heavy atom. The summed E-state index contributed by atoms with van der Waals surface area (Å²) in [5.74, 6) is 0.266. The first-order valence-corrected chi connectivity index (χ1v) is 4.48. The summed E-state index contributed by atoms with van der Waals surface area (Å²) >= 11 is 0. The van der Waals surface area contributed by atoms with Gasteiger partial charge in [0.2, 0.25) is 0 Å². The number of nitrogens with one attached hydrogen (secondary N) is 1. The molecule has 2 aromatic rings. The van der Waals surface area contributed by atoms with Crippen LogP contribution >= 0.6 is 0 Å². The molecule has 0 aliphatic heterocycles. The lowest BCUT2D eigenvalue weighted by Crippen LogP contribution is -2.12. The van der Waals surface area contributed by atoms with Gasteiger partial charge in [-0.3, -0.25) is 4.79 Å². The predicted molar refractivity (Wildman–Crippen MR) is 55.4 cm³/mol. The molecule has 0 saturated heterocycles. The molecule has 15 heavy (non-hydrogen) atoms. The van der Waals surface area contributed by atoms with Crippen molar-refractivity contribution in [2.45, 2.75) is 0 Å². The Bertz CT molecular complexity index is 463. The van der Waals surface area contributed by atoms with Crippen LogP contribution in [0.1, 0.15) is 10.4 Å². The molecule has 76 valence electrons. The summed E-state index contributed by atoms with van der Waals surface area (Å²) in [5, 5.41) is 10.4. The molecule has 5 heteroatoms. The maximum Gasteiger partial charge on any atom is 0.256 e. The number of hydrogen-bond donors (Lipinski definition) is 1. The van der Waals surface area contributed by atoms with Crippen molar-refractivity contribution >= 4 is 11.7 Å². The molecule has 1 amide bonds. The number of carbonyl (C=O) groups excluding carboxylic acids is 1. The van der Waals surface area contributed by atoms with Gasteiger partial charge >= 0.3 is 0 Å². The molecule has 0 aliphatic carbocycles. The van der Waals surface area contributed by atoms with E-state index < -0.39 is 0 Å². The second-order valence-electron chi connectivity index (χ2n) is 3.04. The van der Waals surface area contributed by atoms with Crippen LogP contribution in [0.15, 0.2) is 36.5 Å². The van der Waals surface area contributed by atoms with Crippen LogP contribution in [0.2, 0.25) is 0 Å². The quantitative estimate of drug-likeness (QED) is 0.792. The highest BCUT2D eigenvalue weighted by molar-refractivity contribution is 6.03. The van der Waals surface area contributed by atoms with Gasteiger partial charge in [-0.15, -0.1) is 5.10 Å². The Kier molecular flexibility index (Phi) is 2.45. The zero-order chi connectivity index (χ0) is 10.7. The van der Waals surface area contributed by atoms with Crippen molar-refractivity contribution < 1.29 is 4.79 Å². The van der Waals surface area contributed by atoms with Crippen LogP contribution in [0.5, 0.6) is 0 Å². The third-order valence-electron chi connectivity index (χ3n) is 1.88. The molecule has 0 fully saturated rings. The van der Waals surface area contributed by atoms with Crippen molar-refractivity contribution in [2.75, 3.05) is 5.32 Å². The molecule has 5 nitrogen and oxygen atoms in total. The van der Waals surface area contributed by atoms with E-state index in [4.69, 9.17) is 0 Å². The zero-order valence-corrected chi connectivity index (χ0v) is 8.21. The highest BCUT2D eigenvalue weighted by Gasteiger charge is 2.06. The Balaban J connectivity index is 2.11. The van der Waals surface area contributed by atoms with Crippen LogP contribution in [0.25, 0.3) is 0 Å². The summed E-state index contributed by atoms with van der Waals surface area (Å²) in [6, 6.07) is 8.97. The fourth-order valence-corrected chi connectivity index (χ4v) is 1.18. The number of amides is 1. The molecule has 0 radical (unpaired) electrons. The Morgan fingerprint density at radius 2 is 2.07 bits per heavy atom. The number of nitrogens with zero attached hydrogens (tertiary/aromatic N) is 3. The van der Waals surface area contributed by atoms with E-state index in [1.165, 1.54) is 11.0 Å². The third-order valence-corrected chi connectivity index (χ3v) is 1.88. The van der Waals surface area contributed by atoms with Gasteiger partial charge in [0.25, 0.3) is 5.91 Å². The van der Waals surface area contributed by atoms with E-state index in [0.717, 1.165) is 0 Å². The largest absolute Gasteiger partial charge is 0.304 e. The molecule has 0 unspecified atom stereocenters. The lowest BCUT2D eigenvalue weighted by Gasteiger charge is -1.99. The van der Waals surface area contributed by atoms with Crippen LogP contribution in [-0.4, -0.2) is 20.9 Å². The topological polar surface area (TPSA) is 59.8 Å². The number of rotatable bonds is 2. The molecule has 0 saturated carbocycles. The van der Waals surface area contributed by atoms with E-state index in [2.05, 4.69) is 15.5 Å². The average molecular weight is 202 g/mol. The molecular weight excluding hydrogens is 192 g/mol. The number of aromatic nitrogens is 3. The molecule has 1 heterocycles. The van der Waals surface area contributed by atoms with Gasteiger partial charge in [-0.05, 0) is 12.1 Å². The molecule has 0 atom stereocenters.